The first-order valence-corrected chi connectivity index (χ1v) is 9.91. The molecule has 3 aromatic rings. The number of carbonyl (C=O) groups is 1. The van der Waals surface area contributed by atoms with Crippen LogP contribution in [-0.4, -0.2) is 46.4 Å². The van der Waals surface area contributed by atoms with E-state index in [1.54, 1.807) is 36.4 Å². The number of anilines is 1. The number of halogens is 3. The second-order valence-corrected chi connectivity index (χ2v) is 7.53. The van der Waals surface area contributed by atoms with Crippen LogP contribution in [0.5, 0.6) is 0 Å². The number of Topliss-reactive ketones (excluding diaryl/α,β-unsaturated/α-hetero) is 1. The summed E-state index contributed by atoms with van der Waals surface area (Å²) in [4.78, 5) is 19.9. The van der Waals surface area contributed by atoms with Crippen LogP contribution in [0, 0.1) is 5.82 Å². The van der Waals surface area contributed by atoms with Gasteiger partial charge < -0.3 is 4.90 Å². The van der Waals surface area contributed by atoms with Gasteiger partial charge in [0.05, 0.1) is 22.8 Å². The molecule has 0 spiro atoms. The van der Waals surface area contributed by atoms with Gasteiger partial charge in [-0.1, -0.05) is 12.1 Å². The van der Waals surface area contributed by atoms with Gasteiger partial charge in [0.1, 0.15) is 11.6 Å². The van der Waals surface area contributed by atoms with E-state index in [1.807, 2.05) is 11.8 Å². The molecule has 1 aliphatic heterocycles. The number of benzene rings is 2. The van der Waals surface area contributed by atoms with Crippen molar-refractivity contribution in [3.63, 3.8) is 0 Å². The van der Waals surface area contributed by atoms with E-state index in [-0.39, 0.29) is 11.8 Å². The first kappa shape index (κ1) is 20.4. The highest BCUT2D eigenvalue weighted by Crippen LogP contribution is 2.31. The van der Waals surface area contributed by atoms with Gasteiger partial charge in [-0.3, -0.25) is 14.3 Å². The van der Waals surface area contributed by atoms with Gasteiger partial charge in [-0.25, -0.2) is 9.37 Å². The summed E-state index contributed by atoms with van der Waals surface area (Å²) in [6.45, 7) is 2.87. The number of piperazine rings is 1. The Labute approximate surface area is 172 Å². The van der Waals surface area contributed by atoms with Gasteiger partial charge >= 0.3 is 6.55 Å². The summed E-state index contributed by atoms with van der Waals surface area (Å²) in [6, 6.07) is 11.1. The van der Waals surface area contributed by atoms with Gasteiger partial charge in [0.25, 0.3) is 0 Å². The summed E-state index contributed by atoms with van der Waals surface area (Å²) in [5.41, 5.74) is 1.76. The van der Waals surface area contributed by atoms with Crippen LogP contribution >= 0.6 is 0 Å². The molecule has 5 nitrogen and oxygen atoms in total. The number of hydrogen-bond donors (Lipinski definition) is 0. The van der Waals surface area contributed by atoms with Gasteiger partial charge in [0, 0.05) is 31.7 Å². The van der Waals surface area contributed by atoms with Crippen molar-refractivity contribution in [2.75, 3.05) is 31.1 Å². The highest BCUT2D eigenvalue weighted by molar-refractivity contribution is 5.94. The predicted molar refractivity (Wildman–Crippen MR) is 110 cm³/mol. The van der Waals surface area contributed by atoms with Crippen molar-refractivity contribution in [2.45, 2.75) is 26.4 Å². The summed E-state index contributed by atoms with van der Waals surface area (Å²) in [5.74, 6) is -0.277. The lowest BCUT2D eigenvalue weighted by atomic mass is 10.1. The maximum atomic E-state index is 14.5. The van der Waals surface area contributed by atoms with Crippen LogP contribution < -0.4 is 4.90 Å². The fourth-order valence-electron chi connectivity index (χ4n) is 4.06. The topological polar surface area (TPSA) is 41.4 Å². The van der Waals surface area contributed by atoms with E-state index in [9.17, 15) is 18.0 Å². The van der Waals surface area contributed by atoms with Crippen molar-refractivity contribution in [1.82, 2.24) is 14.5 Å². The number of aromatic nitrogens is 2. The zero-order chi connectivity index (χ0) is 21.4. The van der Waals surface area contributed by atoms with Gasteiger partial charge in [0.2, 0.25) is 0 Å². The number of carbonyl (C=O) groups excluding carboxylic acids is 1. The molecule has 1 aliphatic rings. The standard InChI is InChI=1S/C22H23F3N4O/c1-14(21-26-18-5-3-4-6-20(18)29(21)22(24)25)27-9-11-28(12-10-27)19-8-7-16(15(2)30)13-17(19)23/h3-8,13-14,22H,9-12H2,1-2H3. The molecule has 8 heteroatoms. The molecular formula is C22H23F3N4O. The number of hydrogen-bond acceptors (Lipinski definition) is 4. The lowest BCUT2D eigenvalue weighted by Gasteiger charge is -2.39. The Morgan fingerprint density at radius 1 is 1.07 bits per heavy atom. The first-order valence-electron chi connectivity index (χ1n) is 9.91. The van der Waals surface area contributed by atoms with Crippen molar-refractivity contribution in [1.29, 1.82) is 0 Å². The normalized spacial score (nSPS) is 16.4. The number of ketones is 1. The average Bonchev–Trinajstić information content (AvgIpc) is 3.13. The van der Waals surface area contributed by atoms with E-state index in [4.69, 9.17) is 0 Å². The van der Waals surface area contributed by atoms with Crippen molar-refractivity contribution >= 4 is 22.5 Å². The van der Waals surface area contributed by atoms with Gasteiger partial charge in [-0.05, 0) is 44.2 Å². The molecule has 0 amide bonds. The van der Waals surface area contributed by atoms with Gasteiger partial charge in [-0.2, -0.15) is 8.78 Å². The van der Waals surface area contributed by atoms with Crippen molar-refractivity contribution in [2.24, 2.45) is 0 Å². The maximum Gasteiger partial charge on any atom is 0.320 e. The monoisotopic (exact) mass is 416 g/mol. The molecule has 0 saturated carbocycles. The average molecular weight is 416 g/mol. The number of rotatable bonds is 5. The minimum atomic E-state index is -2.68. The molecule has 1 aromatic heterocycles. The third-order valence-electron chi connectivity index (χ3n) is 5.75. The number of alkyl halides is 2. The molecule has 4 rings (SSSR count). The molecule has 1 saturated heterocycles. The van der Waals surface area contributed by atoms with E-state index >= 15 is 0 Å². The third-order valence-corrected chi connectivity index (χ3v) is 5.75. The second-order valence-electron chi connectivity index (χ2n) is 7.53. The molecule has 158 valence electrons. The van der Waals surface area contributed by atoms with Crippen LogP contribution in [0.4, 0.5) is 18.9 Å². The van der Waals surface area contributed by atoms with E-state index in [0.717, 1.165) is 4.57 Å². The quantitative estimate of drug-likeness (QED) is 0.568. The lowest BCUT2D eigenvalue weighted by molar-refractivity contribution is 0.0641. The van der Waals surface area contributed by atoms with Crippen LogP contribution in [0.1, 0.15) is 42.6 Å². The third kappa shape index (κ3) is 3.67. The number of imidazole rings is 1. The van der Waals surface area contributed by atoms with Gasteiger partial charge in [-0.15, -0.1) is 0 Å². The molecule has 0 N–H and O–H groups in total. The Balaban J connectivity index is 1.52. The van der Waals surface area contributed by atoms with Crippen LogP contribution in [0.15, 0.2) is 42.5 Å². The molecule has 0 aliphatic carbocycles. The van der Waals surface area contributed by atoms with Crippen LogP contribution in [0.2, 0.25) is 0 Å². The second kappa shape index (κ2) is 8.10. The molecule has 1 atom stereocenters. The molecule has 30 heavy (non-hydrogen) atoms. The van der Waals surface area contributed by atoms with Crippen molar-refractivity contribution < 1.29 is 18.0 Å². The van der Waals surface area contributed by atoms with E-state index in [1.165, 1.54) is 13.0 Å². The Bertz CT molecular complexity index is 1070. The molecule has 0 radical (unpaired) electrons. The minimum absolute atomic E-state index is 0.180. The smallest absolute Gasteiger partial charge is 0.320 e. The zero-order valence-electron chi connectivity index (χ0n) is 16.9. The SMILES string of the molecule is CC(=O)c1ccc(N2CCN(C(C)c3nc4ccccc4n3C(F)F)CC2)c(F)c1. The van der Waals surface area contributed by atoms with Crippen molar-refractivity contribution in [3.05, 3.63) is 59.7 Å². The maximum absolute atomic E-state index is 14.5. The molecule has 2 heterocycles. The van der Waals surface area contributed by atoms with Crippen LogP contribution in [-0.2, 0) is 0 Å². The largest absolute Gasteiger partial charge is 0.367 e. The Morgan fingerprint density at radius 3 is 2.40 bits per heavy atom. The van der Waals surface area contributed by atoms with Gasteiger partial charge in [0.15, 0.2) is 5.78 Å². The van der Waals surface area contributed by atoms with Crippen molar-refractivity contribution in [3.8, 4) is 0 Å². The summed E-state index contributed by atoms with van der Waals surface area (Å²) in [7, 11) is 0. The van der Waals surface area contributed by atoms with Crippen LogP contribution in [0.25, 0.3) is 11.0 Å². The summed E-state index contributed by atoms with van der Waals surface area (Å²) in [5, 5.41) is 0. The zero-order valence-corrected chi connectivity index (χ0v) is 16.9. The number of para-hydroxylation sites is 2. The van der Waals surface area contributed by atoms with E-state index in [0.29, 0.717) is 54.3 Å². The highest BCUT2D eigenvalue weighted by atomic mass is 19.3. The minimum Gasteiger partial charge on any atom is -0.367 e. The molecule has 1 fully saturated rings. The lowest BCUT2D eigenvalue weighted by Crippen LogP contribution is -2.47. The highest BCUT2D eigenvalue weighted by Gasteiger charge is 2.29. The molecular weight excluding hydrogens is 393 g/mol. The Morgan fingerprint density at radius 2 is 1.77 bits per heavy atom. The summed E-state index contributed by atoms with van der Waals surface area (Å²) < 4.78 is 43.0. The number of nitrogens with zero attached hydrogens (tertiary/aromatic N) is 4. The molecule has 0 bridgehead atoms. The Hall–Kier alpha value is -2.87. The summed E-state index contributed by atoms with van der Waals surface area (Å²) in [6.07, 6.45) is 0. The first-order chi connectivity index (χ1) is 14.4. The van der Waals surface area contributed by atoms with Crippen LogP contribution in [0.3, 0.4) is 0 Å². The molecule has 1 unspecified atom stereocenters. The Kier molecular flexibility index (Phi) is 5.51. The fraction of sp³-hybridized carbons (Fsp3) is 0.364. The fourth-order valence-corrected chi connectivity index (χ4v) is 4.06. The predicted octanol–water partition coefficient (Wildman–Crippen LogP) is 4.66. The van der Waals surface area contributed by atoms with E-state index < -0.39 is 12.4 Å². The summed E-state index contributed by atoms with van der Waals surface area (Å²) >= 11 is 0. The number of fused-ring (bicyclic) bond motifs is 1. The molecule has 2 aromatic carbocycles. The van der Waals surface area contributed by atoms with E-state index in [2.05, 4.69) is 9.88 Å².